The summed E-state index contributed by atoms with van der Waals surface area (Å²) in [5.74, 6) is -2.46. The van der Waals surface area contributed by atoms with Gasteiger partial charge in [0.15, 0.2) is 11.6 Å². The molecule has 1 aliphatic rings. The zero-order valence-electron chi connectivity index (χ0n) is 11.1. The van der Waals surface area contributed by atoms with E-state index in [-0.39, 0.29) is 5.56 Å². The number of halogens is 2. The van der Waals surface area contributed by atoms with Crippen LogP contribution >= 0.6 is 0 Å². The van der Waals surface area contributed by atoms with Crippen molar-refractivity contribution < 1.29 is 13.6 Å². The molecular weight excluding hydrogens is 260 g/mol. The highest BCUT2D eigenvalue weighted by atomic mass is 19.2. The normalized spacial score (nSPS) is 14.3. The van der Waals surface area contributed by atoms with Crippen molar-refractivity contribution in [2.45, 2.75) is 19.8 Å². The SMILES string of the molecule is CCC1=CC=C(NC(=O)c2ccc(F)c(F)c2)C=CC1. The van der Waals surface area contributed by atoms with Crippen LogP contribution in [0.1, 0.15) is 30.1 Å². The molecule has 104 valence electrons. The molecule has 0 aromatic heterocycles. The van der Waals surface area contributed by atoms with Gasteiger partial charge in [-0.3, -0.25) is 4.79 Å². The minimum atomic E-state index is -1.03. The number of allylic oxidation sites excluding steroid dienone is 5. The van der Waals surface area contributed by atoms with E-state index in [9.17, 15) is 13.6 Å². The Morgan fingerprint density at radius 1 is 1.25 bits per heavy atom. The van der Waals surface area contributed by atoms with E-state index >= 15 is 0 Å². The third-order valence-electron chi connectivity index (χ3n) is 3.07. The van der Waals surface area contributed by atoms with Gasteiger partial charge in [0.1, 0.15) is 0 Å². The van der Waals surface area contributed by atoms with E-state index in [2.05, 4.69) is 12.2 Å². The lowest BCUT2D eigenvalue weighted by Crippen LogP contribution is -2.22. The van der Waals surface area contributed by atoms with Crippen LogP contribution in [0.2, 0.25) is 0 Å². The Morgan fingerprint density at radius 2 is 2.05 bits per heavy atom. The molecule has 0 radical (unpaired) electrons. The highest BCUT2D eigenvalue weighted by Gasteiger charge is 2.10. The highest BCUT2D eigenvalue weighted by molar-refractivity contribution is 5.95. The monoisotopic (exact) mass is 275 g/mol. The standard InChI is InChI=1S/C16H15F2NO/c1-2-11-4-3-5-13(8-6-11)19-16(20)12-7-9-14(17)15(18)10-12/h3,5-10H,2,4H2,1H3,(H,19,20). The quantitative estimate of drug-likeness (QED) is 0.891. The number of benzene rings is 1. The average Bonchev–Trinajstić information content (AvgIpc) is 2.67. The van der Waals surface area contributed by atoms with Crippen LogP contribution in [0.5, 0.6) is 0 Å². The summed E-state index contributed by atoms with van der Waals surface area (Å²) in [5.41, 5.74) is 1.98. The molecule has 0 aliphatic heterocycles. The third-order valence-corrected chi connectivity index (χ3v) is 3.07. The zero-order valence-corrected chi connectivity index (χ0v) is 11.1. The van der Waals surface area contributed by atoms with Gasteiger partial charge in [-0.25, -0.2) is 8.78 Å². The first kappa shape index (κ1) is 14.2. The van der Waals surface area contributed by atoms with Gasteiger partial charge in [0.25, 0.3) is 5.91 Å². The van der Waals surface area contributed by atoms with Crippen molar-refractivity contribution in [1.29, 1.82) is 0 Å². The summed E-state index contributed by atoms with van der Waals surface area (Å²) in [7, 11) is 0. The van der Waals surface area contributed by atoms with Crippen LogP contribution in [0, 0.1) is 11.6 Å². The second kappa shape index (κ2) is 6.28. The first-order chi connectivity index (χ1) is 9.60. The maximum absolute atomic E-state index is 13.1. The Kier molecular flexibility index (Phi) is 4.45. The molecular formula is C16H15F2NO. The molecule has 1 N–H and O–H groups in total. The van der Waals surface area contributed by atoms with Gasteiger partial charge in [-0.2, -0.15) is 0 Å². The topological polar surface area (TPSA) is 29.1 Å². The molecule has 0 saturated carbocycles. The Hall–Kier alpha value is -2.23. The Balaban J connectivity index is 2.13. The molecule has 0 saturated heterocycles. The Bertz CT molecular complexity index is 615. The smallest absolute Gasteiger partial charge is 0.255 e. The fourth-order valence-corrected chi connectivity index (χ4v) is 1.85. The van der Waals surface area contributed by atoms with Crippen LogP contribution in [-0.4, -0.2) is 5.91 Å². The van der Waals surface area contributed by atoms with Gasteiger partial charge in [0, 0.05) is 11.3 Å². The zero-order chi connectivity index (χ0) is 14.5. The number of hydrogen-bond donors (Lipinski definition) is 1. The molecule has 0 fully saturated rings. The van der Waals surface area contributed by atoms with Gasteiger partial charge in [0.05, 0.1) is 0 Å². The Morgan fingerprint density at radius 3 is 2.75 bits per heavy atom. The van der Waals surface area contributed by atoms with Crippen molar-refractivity contribution in [3.05, 3.63) is 71.0 Å². The second-order valence-electron chi connectivity index (χ2n) is 4.49. The molecule has 0 heterocycles. The minimum absolute atomic E-state index is 0.0853. The molecule has 4 heteroatoms. The number of carbonyl (C=O) groups excluding carboxylic acids is 1. The van der Waals surface area contributed by atoms with E-state index in [1.54, 1.807) is 12.2 Å². The second-order valence-corrected chi connectivity index (χ2v) is 4.49. The van der Waals surface area contributed by atoms with E-state index in [1.807, 2.05) is 12.2 Å². The summed E-state index contributed by atoms with van der Waals surface area (Å²) in [6.07, 6.45) is 9.32. The van der Waals surface area contributed by atoms with Gasteiger partial charge in [0.2, 0.25) is 0 Å². The molecule has 0 unspecified atom stereocenters. The van der Waals surface area contributed by atoms with Crippen molar-refractivity contribution in [1.82, 2.24) is 5.32 Å². The number of carbonyl (C=O) groups is 1. The number of rotatable bonds is 3. The maximum Gasteiger partial charge on any atom is 0.255 e. The van der Waals surface area contributed by atoms with E-state index in [0.717, 1.165) is 25.0 Å². The first-order valence-electron chi connectivity index (χ1n) is 6.43. The molecule has 1 aliphatic carbocycles. The van der Waals surface area contributed by atoms with Crippen LogP contribution in [-0.2, 0) is 0 Å². The molecule has 0 bridgehead atoms. The van der Waals surface area contributed by atoms with Crippen LogP contribution in [0.4, 0.5) is 8.78 Å². The molecule has 1 amide bonds. The lowest BCUT2D eigenvalue weighted by atomic mass is 10.1. The summed E-state index contributed by atoms with van der Waals surface area (Å²) >= 11 is 0. The number of amides is 1. The summed E-state index contributed by atoms with van der Waals surface area (Å²) in [5, 5.41) is 2.67. The van der Waals surface area contributed by atoms with Gasteiger partial charge < -0.3 is 5.32 Å². The van der Waals surface area contributed by atoms with Gasteiger partial charge in [-0.1, -0.05) is 24.6 Å². The fraction of sp³-hybridized carbons (Fsp3) is 0.188. The predicted octanol–water partition coefficient (Wildman–Crippen LogP) is 3.87. The van der Waals surface area contributed by atoms with Gasteiger partial charge in [-0.05, 0) is 43.2 Å². The van der Waals surface area contributed by atoms with E-state index in [0.29, 0.717) is 5.70 Å². The summed E-state index contributed by atoms with van der Waals surface area (Å²) in [6, 6.07) is 3.08. The van der Waals surface area contributed by atoms with Crippen molar-refractivity contribution in [3.63, 3.8) is 0 Å². The lowest BCUT2D eigenvalue weighted by Gasteiger charge is -2.05. The first-order valence-corrected chi connectivity index (χ1v) is 6.43. The lowest BCUT2D eigenvalue weighted by molar-refractivity contribution is 0.0966. The Labute approximate surface area is 116 Å². The van der Waals surface area contributed by atoms with Crippen molar-refractivity contribution in [3.8, 4) is 0 Å². The fourth-order valence-electron chi connectivity index (χ4n) is 1.85. The van der Waals surface area contributed by atoms with Crippen LogP contribution < -0.4 is 5.32 Å². The minimum Gasteiger partial charge on any atom is -0.322 e. The number of hydrogen-bond acceptors (Lipinski definition) is 1. The predicted molar refractivity (Wildman–Crippen MR) is 74.0 cm³/mol. The van der Waals surface area contributed by atoms with Crippen LogP contribution in [0.25, 0.3) is 0 Å². The molecule has 0 spiro atoms. The highest BCUT2D eigenvalue weighted by Crippen LogP contribution is 2.14. The molecule has 20 heavy (non-hydrogen) atoms. The molecule has 0 atom stereocenters. The molecule has 2 rings (SSSR count). The molecule has 1 aromatic carbocycles. The van der Waals surface area contributed by atoms with E-state index in [4.69, 9.17) is 0 Å². The van der Waals surface area contributed by atoms with Crippen molar-refractivity contribution >= 4 is 5.91 Å². The van der Waals surface area contributed by atoms with Crippen molar-refractivity contribution in [2.75, 3.05) is 0 Å². The van der Waals surface area contributed by atoms with Gasteiger partial charge in [-0.15, -0.1) is 0 Å². The van der Waals surface area contributed by atoms with Crippen molar-refractivity contribution in [2.24, 2.45) is 0 Å². The van der Waals surface area contributed by atoms with Gasteiger partial charge >= 0.3 is 0 Å². The van der Waals surface area contributed by atoms with Crippen LogP contribution in [0.15, 0.2) is 53.8 Å². The molecule has 2 nitrogen and oxygen atoms in total. The van der Waals surface area contributed by atoms with Crippen LogP contribution in [0.3, 0.4) is 0 Å². The summed E-state index contributed by atoms with van der Waals surface area (Å²) in [6.45, 7) is 2.07. The average molecular weight is 275 g/mol. The van der Waals surface area contributed by atoms with E-state index < -0.39 is 17.5 Å². The maximum atomic E-state index is 13.1. The largest absolute Gasteiger partial charge is 0.322 e. The third kappa shape index (κ3) is 3.41. The molecule has 1 aromatic rings. The summed E-state index contributed by atoms with van der Waals surface area (Å²) in [4.78, 5) is 11.9. The number of nitrogens with one attached hydrogen (secondary N) is 1. The summed E-state index contributed by atoms with van der Waals surface area (Å²) < 4.78 is 25.9. The van der Waals surface area contributed by atoms with E-state index in [1.165, 1.54) is 11.6 Å².